The summed E-state index contributed by atoms with van der Waals surface area (Å²) in [6.45, 7) is 2.23. The van der Waals surface area contributed by atoms with E-state index in [1.165, 1.54) is 6.42 Å². The Labute approximate surface area is 37.9 Å². The van der Waals surface area contributed by atoms with Gasteiger partial charge in [-0.15, -0.1) is 0 Å². The van der Waals surface area contributed by atoms with Gasteiger partial charge < -0.3 is 0 Å². The summed E-state index contributed by atoms with van der Waals surface area (Å²) in [7, 11) is 0. The van der Waals surface area contributed by atoms with E-state index in [1.807, 2.05) is 0 Å². The summed E-state index contributed by atoms with van der Waals surface area (Å²) in [5, 5.41) is 0. The number of fused-ring (bicyclic) bond motifs is 1. The topological polar surface area (TPSA) is 0 Å². The summed E-state index contributed by atoms with van der Waals surface area (Å²) < 4.78 is 0. The van der Waals surface area contributed by atoms with Crippen LogP contribution >= 0.6 is 0 Å². The molecule has 2 aliphatic rings. The maximum Gasteiger partial charge on any atom is -0.0137 e. The van der Waals surface area contributed by atoms with E-state index in [0.717, 1.165) is 11.8 Å². The summed E-state index contributed by atoms with van der Waals surface area (Å²) in [5.41, 5.74) is 1.64. The van der Waals surface area contributed by atoms with Gasteiger partial charge >= 0.3 is 0 Å². The van der Waals surface area contributed by atoms with Gasteiger partial charge in [-0.1, -0.05) is 11.6 Å². The molecule has 0 heteroatoms. The van der Waals surface area contributed by atoms with Crippen molar-refractivity contribution in [1.82, 2.24) is 0 Å². The number of hydrogen-bond donors (Lipinski definition) is 0. The number of hydrogen-bond acceptors (Lipinski definition) is 0. The van der Waals surface area contributed by atoms with Gasteiger partial charge in [-0.3, -0.25) is 0 Å². The van der Waals surface area contributed by atoms with Crippen LogP contribution < -0.4 is 0 Å². The molecule has 0 nitrogen and oxygen atoms in total. The second-order valence-electron chi connectivity index (χ2n) is 2.42. The van der Waals surface area contributed by atoms with Crippen molar-refractivity contribution in [3.8, 4) is 0 Å². The third-order valence-corrected chi connectivity index (χ3v) is 1.90. The van der Waals surface area contributed by atoms with Crippen molar-refractivity contribution in [2.75, 3.05) is 0 Å². The molecule has 6 heavy (non-hydrogen) atoms. The lowest BCUT2D eigenvalue weighted by molar-refractivity contribution is 0.826. The average Bonchev–Trinajstić information content (AvgIpc) is 2.12. The van der Waals surface area contributed by atoms with Crippen LogP contribution in [0.1, 0.15) is 13.3 Å². The van der Waals surface area contributed by atoms with Gasteiger partial charge in [-0.2, -0.15) is 0 Å². The second kappa shape index (κ2) is 0.575. The minimum atomic E-state index is 1.05. The minimum absolute atomic E-state index is 1.05. The van der Waals surface area contributed by atoms with E-state index < -0.39 is 0 Å². The zero-order valence-electron chi connectivity index (χ0n) is 3.94. The highest BCUT2D eigenvalue weighted by atomic mass is 14.5. The van der Waals surface area contributed by atoms with Crippen molar-refractivity contribution in [2.24, 2.45) is 11.8 Å². The van der Waals surface area contributed by atoms with Crippen molar-refractivity contribution in [2.45, 2.75) is 13.3 Å². The van der Waals surface area contributed by atoms with Crippen LogP contribution in [0.2, 0.25) is 0 Å². The van der Waals surface area contributed by atoms with Crippen molar-refractivity contribution in [3.63, 3.8) is 0 Å². The van der Waals surface area contributed by atoms with Crippen molar-refractivity contribution in [3.05, 3.63) is 11.6 Å². The molecule has 2 atom stereocenters. The Balaban J connectivity index is 2.34. The van der Waals surface area contributed by atoms with Gasteiger partial charge in [0, 0.05) is 0 Å². The van der Waals surface area contributed by atoms with Gasteiger partial charge in [0.2, 0.25) is 0 Å². The molecule has 0 saturated heterocycles. The van der Waals surface area contributed by atoms with E-state index in [2.05, 4.69) is 13.0 Å². The summed E-state index contributed by atoms with van der Waals surface area (Å²) in [5.74, 6) is 2.11. The molecule has 0 aliphatic heterocycles. The first-order valence-corrected chi connectivity index (χ1v) is 2.56. The maximum atomic E-state index is 2.38. The Kier molecular flexibility index (Phi) is 0.272. The molecule has 0 N–H and O–H groups in total. The molecule has 1 fully saturated rings. The molecule has 1 saturated carbocycles. The van der Waals surface area contributed by atoms with Gasteiger partial charge in [0.1, 0.15) is 0 Å². The SMILES string of the molecule is CC1=CC2CC12. The Morgan fingerprint density at radius 3 is 2.67 bits per heavy atom. The smallest absolute Gasteiger partial charge is 0.0137 e. The molecule has 0 amide bonds. The van der Waals surface area contributed by atoms with E-state index in [0.29, 0.717) is 0 Å². The molecule has 0 aromatic heterocycles. The first-order chi connectivity index (χ1) is 2.88. The van der Waals surface area contributed by atoms with Crippen LogP contribution in [0.5, 0.6) is 0 Å². The lowest BCUT2D eigenvalue weighted by Crippen LogP contribution is -1.91. The Morgan fingerprint density at radius 1 is 1.83 bits per heavy atom. The van der Waals surface area contributed by atoms with Crippen molar-refractivity contribution >= 4 is 0 Å². The van der Waals surface area contributed by atoms with Crippen LogP contribution in [-0.2, 0) is 0 Å². The standard InChI is InChI=1S/C6H8/c1-4-2-5-3-6(4)5/h2,5-6H,3H2,1H3. The largest absolute Gasteiger partial charge is 0.0816 e. The molecule has 0 aromatic rings. The lowest BCUT2D eigenvalue weighted by Gasteiger charge is -2.04. The van der Waals surface area contributed by atoms with Gasteiger partial charge in [-0.05, 0) is 25.2 Å². The Hall–Kier alpha value is -0.260. The summed E-state index contributed by atoms with van der Waals surface area (Å²) in [4.78, 5) is 0. The van der Waals surface area contributed by atoms with Crippen molar-refractivity contribution < 1.29 is 0 Å². The molecule has 0 aromatic carbocycles. The highest BCUT2D eigenvalue weighted by Gasteiger charge is 2.43. The molecule has 0 spiro atoms. The molecule has 32 valence electrons. The van der Waals surface area contributed by atoms with Crippen LogP contribution in [0, 0.1) is 11.8 Å². The van der Waals surface area contributed by atoms with E-state index in [4.69, 9.17) is 0 Å². The predicted octanol–water partition coefficient (Wildman–Crippen LogP) is 1.58. The third kappa shape index (κ3) is 0.149. The fraction of sp³-hybridized carbons (Fsp3) is 0.667. The Morgan fingerprint density at radius 2 is 2.67 bits per heavy atom. The zero-order valence-corrected chi connectivity index (χ0v) is 3.94. The van der Waals surface area contributed by atoms with E-state index in [-0.39, 0.29) is 0 Å². The second-order valence-corrected chi connectivity index (χ2v) is 2.42. The molecule has 2 rings (SSSR count). The van der Waals surface area contributed by atoms with E-state index >= 15 is 0 Å². The zero-order chi connectivity index (χ0) is 4.15. The molecular weight excluding hydrogens is 72.1 g/mol. The highest BCUT2D eigenvalue weighted by molar-refractivity contribution is 5.29. The molecule has 0 bridgehead atoms. The van der Waals surface area contributed by atoms with Crippen molar-refractivity contribution in [1.29, 1.82) is 0 Å². The lowest BCUT2D eigenvalue weighted by atomic mass is 10.0. The van der Waals surface area contributed by atoms with Crippen LogP contribution in [-0.4, -0.2) is 0 Å². The first kappa shape index (κ1) is 2.84. The van der Waals surface area contributed by atoms with Crippen LogP contribution in [0.25, 0.3) is 0 Å². The fourth-order valence-electron chi connectivity index (χ4n) is 1.27. The molecular formula is C6H8. The van der Waals surface area contributed by atoms with Gasteiger partial charge in [0.25, 0.3) is 0 Å². The average molecular weight is 80.1 g/mol. The Bertz CT molecular complexity index is 111. The maximum absolute atomic E-state index is 2.38. The van der Waals surface area contributed by atoms with Gasteiger partial charge in [0.05, 0.1) is 0 Å². The predicted molar refractivity (Wildman–Crippen MR) is 25.4 cm³/mol. The van der Waals surface area contributed by atoms with E-state index in [1.54, 1.807) is 5.57 Å². The quantitative estimate of drug-likeness (QED) is 0.387. The highest BCUT2D eigenvalue weighted by Crippen LogP contribution is 2.53. The number of allylic oxidation sites excluding steroid dienone is 2. The van der Waals surface area contributed by atoms with Gasteiger partial charge in [0.15, 0.2) is 0 Å². The van der Waals surface area contributed by atoms with Crippen LogP contribution in [0.4, 0.5) is 0 Å². The molecule has 2 unspecified atom stereocenters. The van der Waals surface area contributed by atoms with E-state index in [9.17, 15) is 0 Å². The molecule has 2 aliphatic carbocycles. The van der Waals surface area contributed by atoms with Crippen LogP contribution in [0.3, 0.4) is 0 Å². The fourth-order valence-corrected chi connectivity index (χ4v) is 1.27. The summed E-state index contributed by atoms with van der Waals surface area (Å²) in [6, 6.07) is 0. The monoisotopic (exact) mass is 80.1 g/mol. The van der Waals surface area contributed by atoms with Crippen LogP contribution in [0.15, 0.2) is 11.6 Å². The van der Waals surface area contributed by atoms with Gasteiger partial charge in [-0.25, -0.2) is 0 Å². The minimum Gasteiger partial charge on any atom is -0.0816 e. The number of rotatable bonds is 0. The summed E-state index contributed by atoms with van der Waals surface area (Å²) in [6.07, 6.45) is 3.86. The normalized spacial score (nSPS) is 49.2. The molecule has 0 heterocycles. The summed E-state index contributed by atoms with van der Waals surface area (Å²) >= 11 is 0. The third-order valence-electron chi connectivity index (χ3n) is 1.90. The molecule has 0 radical (unpaired) electrons. The first-order valence-electron chi connectivity index (χ1n) is 2.56.